The molecule has 5 nitrogen and oxygen atoms in total. The second kappa shape index (κ2) is 10.0. The highest BCUT2D eigenvalue weighted by molar-refractivity contribution is 7.13. The van der Waals surface area contributed by atoms with Crippen LogP contribution in [0.15, 0.2) is 59.9 Å². The Bertz CT molecular complexity index is 1350. The second-order valence-corrected chi connectivity index (χ2v) is 6.38. The first-order valence-electron chi connectivity index (χ1n) is 13.8. The Labute approximate surface area is 184 Å². The van der Waals surface area contributed by atoms with Gasteiger partial charge in [0.1, 0.15) is 0 Å². The van der Waals surface area contributed by atoms with Crippen LogP contribution in [0.1, 0.15) is 57.2 Å². The zero-order valence-corrected chi connectivity index (χ0v) is 15.5. The van der Waals surface area contributed by atoms with Gasteiger partial charge in [0.15, 0.2) is 5.13 Å². The predicted octanol–water partition coefficient (Wildman–Crippen LogP) is 4.35. The molecule has 3 aromatic rings. The van der Waals surface area contributed by atoms with E-state index >= 15 is 0 Å². The maximum absolute atomic E-state index is 12.7. The number of nitrogens with one attached hydrogen (secondary N) is 1. The molecular formula is C22H25N3O2S. The number of nitrogens with zero attached hydrogens (tertiary/aromatic N) is 1. The molecule has 1 atom stereocenters. The summed E-state index contributed by atoms with van der Waals surface area (Å²) >= 11 is 0.644. The Morgan fingerprint density at radius 3 is 2.71 bits per heavy atom. The maximum atomic E-state index is 12.7. The third-order valence-electron chi connectivity index (χ3n) is 3.46. The van der Waals surface area contributed by atoms with Crippen molar-refractivity contribution in [2.45, 2.75) is 38.1 Å². The van der Waals surface area contributed by atoms with Crippen molar-refractivity contribution in [3.8, 4) is 0 Å². The zero-order valence-electron chi connectivity index (χ0n) is 25.7. The minimum absolute atomic E-state index is 0.143. The van der Waals surface area contributed by atoms with Crippen LogP contribution in [0.4, 0.5) is 10.8 Å². The molecular weight excluding hydrogens is 370 g/mol. The summed E-state index contributed by atoms with van der Waals surface area (Å²) in [4.78, 5) is 16.4. The van der Waals surface area contributed by atoms with Gasteiger partial charge in [-0.25, -0.2) is 4.98 Å². The smallest absolute Gasteiger partial charge is 0.230 e. The van der Waals surface area contributed by atoms with Gasteiger partial charge in [-0.15, -0.1) is 11.3 Å². The van der Waals surface area contributed by atoms with Gasteiger partial charge >= 0.3 is 0 Å². The number of anilines is 2. The summed E-state index contributed by atoms with van der Waals surface area (Å²) < 4.78 is 90.2. The molecule has 0 saturated heterocycles. The molecule has 1 heterocycles. The van der Waals surface area contributed by atoms with Gasteiger partial charge in [-0.3, -0.25) is 4.79 Å². The normalized spacial score (nSPS) is 19.1. The van der Waals surface area contributed by atoms with Gasteiger partial charge in [-0.05, 0) is 42.4 Å². The Hall–Kier alpha value is -2.70. The number of aromatic nitrogens is 1. The summed E-state index contributed by atoms with van der Waals surface area (Å²) in [6, 6.07) is 4.88. The maximum Gasteiger partial charge on any atom is 0.230 e. The molecule has 146 valence electrons. The number of aliphatic hydroxyl groups is 1. The van der Waals surface area contributed by atoms with E-state index in [-0.39, 0.29) is 16.3 Å². The number of benzene rings is 2. The lowest BCUT2D eigenvalue weighted by Gasteiger charge is -2.10. The van der Waals surface area contributed by atoms with E-state index in [4.69, 9.17) is 20.8 Å². The highest BCUT2D eigenvalue weighted by atomic mass is 32.1. The molecule has 4 N–H and O–H groups in total. The van der Waals surface area contributed by atoms with Crippen LogP contribution in [-0.2, 0) is 17.6 Å². The van der Waals surface area contributed by atoms with Crippen molar-refractivity contribution in [1.29, 1.82) is 0 Å². The van der Waals surface area contributed by atoms with E-state index in [1.54, 1.807) is 18.2 Å². The summed E-state index contributed by atoms with van der Waals surface area (Å²) in [6.07, 6.45) is -11.0. The number of aliphatic hydroxyl groups excluding tert-OH is 1. The standard InChI is InChI=1S/C22H25N3O2S/c23-22-25-19(15-28-22)14-21(27)24-18-12-10-16(11-13-18)6-4-5-9-20(26)17-7-2-1-3-8-17/h1-3,7-8,10-13,15,20,26H,4-6,9,14H2,(H2,23,25)(H,24,27)/t20-/m0/s1/i4D2,9D2,10D,11D,12D,13D,14D2,15D. The van der Waals surface area contributed by atoms with Crippen LogP contribution in [0.5, 0.6) is 0 Å². The van der Waals surface area contributed by atoms with E-state index < -0.39 is 84.9 Å². The molecule has 0 spiro atoms. The quantitative estimate of drug-likeness (QED) is 0.493. The van der Waals surface area contributed by atoms with E-state index in [9.17, 15) is 9.90 Å². The topological polar surface area (TPSA) is 88.2 Å². The minimum Gasteiger partial charge on any atom is -0.388 e. The minimum atomic E-state index is -2.89. The Morgan fingerprint density at radius 2 is 2.04 bits per heavy atom. The van der Waals surface area contributed by atoms with Crippen LogP contribution in [-0.4, -0.2) is 16.0 Å². The predicted molar refractivity (Wildman–Crippen MR) is 114 cm³/mol. The molecule has 6 heteroatoms. The molecule has 0 aliphatic rings. The molecule has 1 amide bonds. The van der Waals surface area contributed by atoms with E-state index in [1.807, 2.05) is 5.32 Å². The molecule has 2 aromatic carbocycles. The monoisotopic (exact) mass is 406 g/mol. The van der Waals surface area contributed by atoms with Crippen molar-refractivity contribution >= 4 is 28.1 Å². The van der Waals surface area contributed by atoms with Gasteiger partial charge in [0.25, 0.3) is 0 Å². The lowest BCUT2D eigenvalue weighted by atomic mass is 10.0. The Kier molecular flexibility index (Phi) is 3.64. The molecule has 0 aliphatic carbocycles. The van der Waals surface area contributed by atoms with Crippen molar-refractivity contribution in [2.24, 2.45) is 0 Å². The number of amides is 1. The van der Waals surface area contributed by atoms with Crippen LogP contribution < -0.4 is 11.1 Å². The van der Waals surface area contributed by atoms with Crippen molar-refractivity contribution < 1.29 is 25.0 Å². The molecule has 0 unspecified atom stereocenters. The average molecular weight is 407 g/mol. The van der Waals surface area contributed by atoms with Crippen molar-refractivity contribution in [3.63, 3.8) is 0 Å². The first-order valence-corrected chi connectivity index (χ1v) is 9.08. The van der Waals surface area contributed by atoms with Gasteiger partial charge in [-0.2, -0.15) is 0 Å². The molecule has 28 heavy (non-hydrogen) atoms. The van der Waals surface area contributed by atoms with Crippen molar-refractivity contribution in [1.82, 2.24) is 4.98 Å². The number of nitrogen functional groups attached to an aromatic ring is 1. The van der Waals surface area contributed by atoms with E-state index in [0.717, 1.165) is 0 Å². The van der Waals surface area contributed by atoms with Crippen LogP contribution in [0.2, 0.25) is 0 Å². The SMILES string of the molecule is [2H]c1sc(N)nc1C([2H])([2H])C(=O)Nc1c([2H])c([2H])c(CC([2H])([2H])CC([2H])([2H])[C@H](O)c2ccccc2)c([2H])c1[2H]. The number of thiazole rings is 1. The fraction of sp³-hybridized carbons (Fsp3) is 0.273. The van der Waals surface area contributed by atoms with Crippen LogP contribution in [0.3, 0.4) is 0 Å². The largest absolute Gasteiger partial charge is 0.388 e. The van der Waals surface area contributed by atoms with Crippen molar-refractivity contribution in [3.05, 3.63) is 76.7 Å². The number of rotatable bonds is 9. The number of hydrogen-bond acceptors (Lipinski definition) is 5. The van der Waals surface area contributed by atoms with Gasteiger partial charge < -0.3 is 16.2 Å². The summed E-state index contributed by atoms with van der Waals surface area (Å²) in [5, 5.41) is 12.0. The highest BCUT2D eigenvalue weighted by Crippen LogP contribution is 2.20. The third-order valence-corrected chi connectivity index (χ3v) is 4.05. The van der Waals surface area contributed by atoms with Crippen LogP contribution in [0, 0.1) is 0 Å². The van der Waals surface area contributed by atoms with Gasteiger partial charge in [0.05, 0.1) is 25.0 Å². The second-order valence-electron chi connectivity index (χ2n) is 5.56. The molecule has 0 saturated carbocycles. The number of hydrogen-bond donors (Lipinski definition) is 3. The Balaban J connectivity index is 1.88. The molecule has 0 bridgehead atoms. The van der Waals surface area contributed by atoms with Gasteiger partial charge in [0, 0.05) is 19.3 Å². The summed E-state index contributed by atoms with van der Waals surface area (Å²) in [5.41, 5.74) is 4.09. The molecule has 0 aliphatic heterocycles. The zero-order chi connectivity index (χ0) is 29.5. The van der Waals surface area contributed by atoms with Crippen molar-refractivity contribution in [2.75, 3.05) is 11.1 Å². The fourth-order valence-electron chi connectivity index (χ4n) is 2.16. The van der Waals surface area contributed by atoms with Gasteiger partial charge in [-0.1, -0.05) is 48.8 Å². The first-order chi connectivity index (χ1) is 17.9. The number of carbonyl (C=O) groups excluding carboxylic acids is 1. The van der Waals surface area contributed by atoms with E-state index in [1.165, 1.54) is 12.1 Å². The average Bonchev–Trinajstić information content (AvgIpc) is 3.21. The van der Waals surface area contributed by atoms with Gasteiger partial charge in [0.2, 0.25) is 5.91 Å². The summed E-state index contributed by atoms with van der Waals surface area (Å²) in [7, 11) is 0. The summed E-state index contributed by atoms with van der Waals surface area (Å²) in [5.74, 6) is -1.41. The molecule has 0 radical (unpaired) electrons. The van der Waals surface area contributed by atoms with Crippen LogP contribution in [0.25, 0.3) is 0 Å². The third kappa shape index (κ3) is 6.18. The molecule has 0 fully saturated rings. The summed E-state index contributed by atoms with van der Waals surface area (Å²) in [6.45, 7) is 0. The fourth-order valence-corrected chi connectivity index (χ4v) is 2.60. The highest BCUT2D eigenvalue weighted by Gasteiger charge is 2.08. The van der Waals surface area contributed by atoms with E-state index in [2.05, 4.69) is 4.98 Å². The lowest BCUT2D eigenvalue weighted by molar-refractivity contribution is -0.115. The number of nitrogens with two attached hydrogens (primary N) is 1. The van der Waals surface area contributed by atoms with E-state index in [0.29, 0.717) is 11.3 Å². The van der Waals surface area contributed by atoms with Crippen LogP contribution >= 0.6 is 11.3 Å². The Morgan fingerprint density at radius 1 is 1.29 bits per heavy atom. The number of carbonyl (C=O) groups is 1. The molecule has 3 rings (SSSR count). The molecule has 1 aromatic heterocycles. The first kappa shape index (κ1) is 10.2. The lowest BCUT2D eigenvalue weighted by Crippen LogP contribution is -2.14.